The van der Waals surface area contributed by atoms with Gasteiger partial charge in [-0.1, -0.05) is 0 Å². The standard InChI is InChI=1S/C14H26N2/c1-13(2,3)16-10-12(11-16)15-8-6-14(4-5-14)7-9-15/h12H,4-11H2,1-3H3. The van der Waals surface area contributed by atoms with E-state index in [1.807, 2.05) is 0 Å². The van der Waals surface area contributed by atoms with Gasteiger partial charge in [0.15, 0.2) is 0 Å². The topological polar surface area (TPSA) is 6.48 Å². The number of likely N-dealkylation sites (tertiary alicyclic amines) is 2. The molecule has 3 aliphatic rings. The van der Waals surface area contributed by atoms with Crippen LogP contribution in [-0.2, 0) is 0 Å². The highest BCUT2D eigenvalue weighted by Gasteiger charge is 2.47. The molecule has 1 spiro atoms. The first-order valence-electron chi connectivity index (χ1n) is 6.98. The van der Waals surface area contributed by atoms with Gasteiger partial charge >= 0.3 is 0 Å². The van der Waals surface area contributed by atoms with Gasteiger partial charge in [0.25, 0.3) is 0 Å². The maximum Gasteiger partial charge on any atom is 0.0350 e. The van der Waals surface area contributed by atoms with Crippen LogP contribution in [0.2, 0.25) is 0 Å². The van der Waals surface area contributed by atoms with E-state index in [1.165, 1.54) is 51.9 Å². The Morgan fingerprint density at radius 3 is 1.94 bits per heavy atom. The summed E-state index contributed by atoms with van der Waals surface area (Å²) in [6.07, 6.45) is 6.03. The molecule has 3 fully saturated rings. The van der Waals surface area contributed by atoms with Crippen molar-refractivity contribution in [1.82, 2.24) is 9.80 Å². The third kappa shape index (κ3) is 1.91. The lowest BCUT2D eigenvalue weighted by Crippen LogP contribution is -2.65. The number of piperidine rings is 1. The Hall–Kier alpha value is -0.0800. The molecule has 0 aromatic rings. The minimum Gasteiger partial charge on any atom is -0.298 e. The Bertz CT molecular complexity index is 259. The largest absolute Gasteiger partial charge is 0.298 e. The molecule has 2 heterocycles. The zero-order chi connectivity index (χ0) is 11.4. The molecular weight excluding hydrogens is 196 g/mol. The van der Waals surface area contributed by atoms with Gasteiger partial charge in [-0.25, -0.2) is 0 Å². The van der Waals surface area contributed by atoms with Crippen LogP contribution in [0.25, 0.3) is 0 Å². The zero-order valence-corrected chi connectivity index (χ0v) is 11.1. The van der Waals surface area contributed by atoms with E-state index in [2.05, 4.69) is 30.6 Å². The predicted octanol–water partition coefficient (Wildman–Crippen LogP) is 2.35. The molecule has 1 aliphatic carbocycles. The van der Waals surface area contributed by atoms with E-state index in [0.29, 0.717) is 5.54 Å². The van der Waals surface area contributed by atoms with Crippen molar-refractivity contribution in [2.45, 2.75) is 58.0 Å². The molecule has 2 heteroatoms. The number of nitrogens with zero attached hydrogens (tertiary/aromatic N) is 2. The summed E-state index contributed by atoms with van der Waals surface area (Å²) in [6, 6.07) is 0.871. The second-order valence-electron chi connectivity index (χ2n) is 7.27. The van der Waals surface area contributed by atoms with Gasteiger partial charge in [-0.3, -0.25) is 9.80 Å². The molecule has 0 atom stereocenters. The van der Waals surface area contributed by atoms with Crippen molar-refractivity contribution in [3.63, 3.8) is 0 Å². The lowest BCUT2D eigenvalue weighted by atomic mass is 9.90. The summed E-state index contributed by atoms with van der Waals surface area (Å²) in [6.45, 7) is 12.4. The van der Waals surface area contributed by atoms with Gasteiger partial charge in [0.1, 0.15) is 0 Å². The van der Waals surface area contributed by atoms with E-state index in [0.717, 1.165) is 11.5 Å². The van der Waals surface area contributed by atoms with Crippen LogP contribution >= 0.6 is 0 Å². The van der Waals surface area contributed by atoms with Crippen LogP contribution < -0.4 is 0 Å². The highest BCUT2D eigenvalue weighted by Crippen LogP contribution is 2.53. The lowest BCUT2D eigenvalue weighted by Gasteiger charge is -2.52. The van der Waals surface area contributed by atoms with E-state index in [1.54, 1.807) is 0 Å². The Morgan fingerprint density at radius 2 is 1.50 bits per heavy atom. The number of hydrogen-bond donors (Lipinski definition) is 0. The first-order chi connectivity index (χ1) is 7.49. The van der Waals surface area contributed by atoms with Gasteiger partial charge in [-0.2, -0.15) is 0 Å². The molecule has 2 aliphatic heterocycles. The highest BCUT2D eigenvalue weighted by atomic mass is 15.3. The van der Waals surface area contributed by atoms with Gasteiger partial charge in [0.2, 0.25) is 0 Å². The minimum absolute atomic E-state index is 0.379. The monoisotopic (exact) mass is 222 g/mol. The summed E-state index contributed by atoms with van der Waals surface area (Å²) in [4.78, 5) is 5.37. The maximum atomic E-state index is 2.76. The Labute approximate surface area is 100.0 Å². The van der Waals surface area contributed by atoms with Crippen LogP contribution in [0.15, 0.2) is 0 Å². The van der Waals surface area contributed by atoms with E-state index >= 15 is 0 Å². The van der Waals surface area contributed by atoms with E-state index in [-0.39, 0.29) is 0 Å². The van der Waals surface area contributed by atoms with Gasteiger partial charge in [0.05, 0.1) is 0 Å². The van der Waals surface area contributed by atoms with E-state index < -0.39 is 0 Å². The second-order valence-corrected chi connectivity index (χ2v) is 7.27. The lowest BCUT2D eigenvalue weighted by molar-refractivity contribution is -0.0347. The summed E-state index contributed by atoms with van der Waals surface area (Å²) >= 11 is 0. The molecule has 0 bridgehead atoms. The third-order valence-electron chi connectivity index (χ3n) is 5.14. The summed E-state index contributed by atoms with van der Waals surface area (Å²) in [5.74, 6) is 0. The highest BCUT2D eigenvalue weighted by molar-refractivity contribution is 5.01. The summed E-state index contributed by atoms with van der Waals surface area (Å²) < 4.78 is 0. The Kier molecular flexibility index (Phi) is 2.38. The quantitative estimate of drug-likeness (QED) is 0.672. The van der Waals surface area contributed by atoms with Crippen LogP contribution in [0, 0.1) is 5.41 Å². The van der Waals surface area contributed by atoms with Gasteiger partial charge < -0.3 is 0 Å². The summed E-state index contributed by atoms with van der Waals surface area (Å²) in [7, 11) is 0. The smallest absolute Gasteiger partial charge is 0.0350 e. The minimum atomic E-state index is 0.379. The van der Waals surface area contributed by atoms with Crippen molar-refractivity contribution in [3.05, 3.63) is 0 Å². The van der Waals surface area contributed by atoms with E-state index in [9.17, 15) is 0 Å². The molecule has 0 N–H and O–H groups in total. The van der Waals surface area contributed by atoms with Gasteiger partial charge in [0, 0.05) is 24.7 Å². The van der Waals surface area contributed by atoms with Crippen LogP contribution in [0.3, 0.4) is 0 Å². The van der Waals surface area contributed by atoms with Crippen molar-refractivity contribution in [2.75, 3.05) is 26.2 Å². The Balaban J connectivity index is 1.47. The van der Waals surface area contributed by atoms with Crippen LogP contribution in [-0.4, -0.2) is 47.6 Å². The van der Waals surface area contributed by atoms with Crippen molar-refractivity contribution < 1.29 is 0 Å². The average Bonchev–Trinajstić information content (AvgIpc) is 2.84. The van der Waals surface area contributed by atoms with Crippen LogP contribution in [0.1, 0.15) is 46.5 Å². The molecular formula is C14H26N2. The molecule has 2 nitrogen and oxygen atoms in total. The molecule has 0 unspecified atom stereocenters. The molecule has 2 saturated heterocycles. The normalized spacial score (nSPS) is 31.7. The zero-order valence-electron chi connectivity index (χ0n) is 11.1. The molecule has 16 heavy (non-hydrogen) atoms. The summed E-state index contributed by atoms with van der Waals surface area (Å²) in [5, 5.41) is 0. The van der Waals surface area contributed by atoms with Crippen molar-refractivity contribution in [3.8, 4) is 0 Å². The molecule has 0 aromatic heterocycles. The molecule has 0 aromatic carbocycles. The first kappa shape index (κ1) is 11.0. The number of rotatable bonds is 1. The first-order valence-corrected chi connectivity index (χ1v) is 6.98. The van der Waals surface area contributed by atoms with E-state index in [4.69, 9.17) is 0 Å². The fourth-order valence-electron chi connectivity index (χ4n) is 3.27. The fourth-order valence-corrected chi connectivity index (χ4v) is 3.27. The average molecular weight is 222 g/mol. The molecule has 1 saturated carbocycles. The molecule has 3 rings (SSSR count). The third-order valence-corrected chi connectivity index (χ3v) is 5.14. The molecule has 0 radical (unpaired) electrons. The van der Waals surface area contributed by atoms with Crippen molar-refractivity contribution >= 4 is 0 Å². The SMILES string of the molecule is CC(C)(C)N1CC(N2CCC3(CC2)CC3)C1. The molecule has 92 valence electrons. The van der Waals surface area contributed by atoms with Crippen LogP contribution in [0.4, 0.5) is 0 Å². The molecule has 0 amide bonds. The van der Waals surface area contributed by atoms with Crippen LogP contribution in [0.5, 0.6) is 0 Å². The fraction of sp³-hybridized carbons (Fsp3) is 1.00. The summed E-state index contributed by atoms with van der Waals surface area (Å²) in [5.41, 5.74) is 1.22. The Morgan fingerprint density at radius 1 is 0.938 bits per heavy atom. The van der Waals surface area contributed by atoms with Crippen molar-refractivity contribution in [2.24, 2.45) is 5.41 Å². The van der Waals surface area contributed by atoms with Crippen molar-refractivity contribution in [1.29, 1.82) is 0 Å². The van der Waals surface area contributed by atoms with Gasteiger partial charge in [-0.15, -0.1) is 0 Å². The van der Waals surface area contributed by atoms with Gasteiger partial charge in [-0.05, 0) is 65.0 Å². The maximum absolute atomic E-state index is 2.76. The predicted molar refractivity (Wildman–Crippen MR) is 67.6 cm³/mol. The number of hydrogen-bond acceptors (Lipinski definition) is 2. The second kappa shape index (κ2) is 3.46.